The van der Waals surface area contributed by atoms with Gasteiger partial charge in [-0.15, -0.1) is 0 Å². The van der Waals surface area contributed by atoms with E-state index in [1.807, 2.05) is 24.3 Å². The summed E-state index contributed by atoms with van der Waals surface area (Å²) in [6, 6.07) is 10.2. The van der Waals surface area contributed by atoms with Gasteiger partial charge in [0.05, 0.1) is 5.41 Å². The Hall–Kier alpha value is -1.57. The maximum atomic E-state index is 10.8. The molecule has 86 valence electrons. The van der Waals surface area contributed by atoms with Crippen LogP contribution in [0.3, 0.4) is 0 Å². The quantitative estimate of drug-likeness (QED) is 0.770. The fraction of sp³-hybridized carbons (Fsp3) is 0.357. The fourth-order valence-corrected chi connectivity index (χ4v) is 1.34. The summed E-state index contributed by atoms with van der Waals surface area (Å²) in [7, 11) is 0. The van der Waals surface area contributed by atoms with Gasteiger partial charge in [-0.2, -0.15) is 0 Å². The third-order valence-corrected chi connectivity index (χ3v) is 2.53. The zero-order valence-electron chi connectivity index (χ0n) is 9.81. The molecule has 0 heterocycles. The predicted octanol–water partition coefficient (Wildman–Crippen LogP) is 3.29. The van der Waals surface area contributed by atoms with Crippen LogP contribution in [0.2, 0.25) is 0 Å². The van der Waals surface area contributed by atoms with Crippen LogP contribution in [0, 0.1) is 5.41 Å². The second-order valence-electron chi connectivity index (χ2n) is 4.45. The van der Waals surface area contributed by atoms with Gasteiger partial charge >= 0.3 is 5.97 Å². The van der Waals surface area contributed by atoms with Crippen molar-refractivity contribution in [1.82, 2.24) is 0 Å². The molecule has 0 aliphatic heterocycles. The van der Waals surface area contributed by atoms with E-state index >= 15 is 0 Å². The summed E-state index contributed by atoms with van der Waals surface area (Å²) < 4.78 is 0. The lowest BCUT2D eigenvalue weighted by Crippen LogP contribution is -2.20. The van der Waals surface area contributed by atoms with Crippen LogP contribution >= 0.6 is 0 Å². The van der Waals surface area contributed by atoms with Crippen molar-refractivity contribution in [2.24, 2.45) is 5.41 Å². The predicted molar refractivity (Wildman–Crippen MR) is 65.3 cm³/mol. The standard InChI is InChI=1S/C14H18O2/c1-14(2,13(15)16)11-7-6-10-12-8-4-3-5-9-12/h3-5,7-9,11H,6,10H2,1-2H3,(H,15,16)/b11-7+. The molecule has 0 saturated heterocycles. The Balaban J connectivity index is 2.42. The van der Waals surface area contributed by atoms with Crippen molar-refractivity contribution < 1.29 is 9.90 Å². The Morgan fingerprint density at radius 1 is 1.31 bits per heavy atom. The third-order valence-electron chi connectivity index (χ3n) is 2.53. The van der Waals surface area contributed by atoms with Gasteiger partial charge in [-0.1, -0.05) is 42.5 Å². The van der Waals surface area contributed by atoms with Gasteiger partial charge in [0.2, 0.25) is 0 Å². The molecule has 2 heteroatoms. The molecule has 0 radical (unpaired) electrons. The third kappa shape index (κ3) is 3.89. The van der Waals surface area contributed by atoms with E-state index in [2.05, 4.69) is 12.1 Å². The largest absolute Gasteiger partial charge is 0.481 e. The molecule has 0 bridgehead atoms. The van der Waals surface area contributed by atoms with Crippen molar-refractivity contribution in [3.63, 3.8) is 0 Å². The first-order chi connectivity index (χ1) is 7.52. The Labute approximate surface area is 96.6 Å². The van der Waals surface area contributed by atoms with Crippen LogP contribution < -0.4 is 0 Å². The second kappa shape index (κ2) is 5.50. The van der Waals surface area contributed by atoms with E-state index < -0.39 is 11.4 Å². The summed E-state index contributed by atoms with van der Waals surface area (Å²) in [6.45, 7) is 3.41. The zero-order chi connectivity index (χ0) is 12.0. The molecule has 1 N–H and O–H groups in total. The molecule has 0 saturated carbocycles. The monoisotopic (exact) mass is 218 g/mol. The molecule has 0 aliphatic rings. The first-order valence-electron chi connectivity index (χ1n) is 5.47. The molecular weight excluding hydrogens is 200 g/mol. The highest BCUT2D eigenvalue weighted by Gasteiger charge is 2.22. The zero-order valence-corrected chi connectivity index (χ0v) is 9.81. The highest BCUT2D eigenvalue weighted by atomic mass is 16.4. The highest BCUT2D eigenvalue weighted by Crippen LogP contribution is 2.17. The van der Waals surface area contributed by atoms with Gasteiger partial charge in [-0.3, -0.25) is 4.79 Å². The van der Waals surface area contributed by atoms with Gasteiger partial charge in [-0.05, 0) is 32.3 Å². The Kier molecular flexibility index (Phi) is 4.29. The smallest absolute Gasteiger partial charge is 0.312 e. The van der Waals surface area contributed by atoms with Crippen molar-refractivity contribution in [2.75, 3.05) is 0 Å². The number of carboxylic acid groups (broad SMARTS) is 1. The van der Waals surface area contributed by atoms with Crippen LogP contribution in [0.25, 0.3) is 0 Å². The number of hydrogen-bond acceptors (Lipinski definition) is 1. The molecule has 16 heavy (non-hydrogen) atoms. The molecule has 0 fully saturated rings. The molecule has 0 atom stereocenters. The minimum absolute atomic E-state index is 0.767. The first-order valence-corrected chi connectivity index (χ1v) is 5.47. The second-order valence-corrected chi connectivity index (χ2v) is 4.45. The van der Waals surface area contributed by atoms with Crippen LogP contribution in [-0.2, 0) is 11.2 Å². The Morgan fingerprint density at radius 3 is 2.50 bits per heavy atom. The van der Waals surface area contributed by atoms with E-state index in [0.717, 1.165) is 12.8 Å². The lowest BCUT2D eigenvalue weighted by atomic mass is 9.93. The van der Waals surface area contributed by atoms with Crippen LogP contribution in [-0.4, -0.2) is 11.1 Å². The molecule has 0 aliphatic carbocycles. The maximum absolute atomic E-state index is 10.8. The van der Waals surface area contributed by atoms with Gasteiger partial charge < -0.3 is 5.11 Å². The summed E-state index contributed by atoms with van der Waals surface area (Å²) in [6.07, 6.45) is 5.53. The number of carboxylic acids is 1. The van der Waals surface area contributed by atoms with Crippen molar-refractivity contribution >= 4 is 5.97 Å². The van der Waals surface area contributed by atoms with Crippen molar-refractivity contribution in [3.05, 3.63) is 48.0 Å². The van der Waals surface area contributed by atoms with Crippen LogP contribution in [0.1, 0.15) is 25.8 Å². The number of aryl methyl sites for hydroxylation is 1. The summed E-state index contributed by atoms with van der Waals surface area (Å²) >= 11 is 0. The molecule has 2 nitrogen and oxygen atoms in total. The van der Waals surface area contributed by atoms with E-state index in [9.17, 15) is 4.79 Å². The van der Waals surface area contributed by atoms with Gasteiger partial charge in [0.1, 0.15) is 0 Å². The first kappa shape index (κ1) is 12.5. The molecule has 0 amide bonds. The molecule has 0 spiro atoms. The highest BCUT2D eigenvalue weighted by molar-refractivity contribution is 5.75. The van der Waals surface area contributed by atoms with E-state index in [1.165, 1.54) is 5.56 Å². The van der Waals surface area contributed by atoms with Gasteiger partial charge in [0, 0.05) is 0 Å². The molecule has 1 aromatic rings. The lowest BCUT2D eigenvalue weighted by Gasteiger charge is -2.12. The molecule has 0 unspecified atom stereocenters. The van der Waals surface area contributed by atoms with E-state index in [-0.39, 0.29) is 0 Å². The van der Waals surface area contributed by atoms with E-state index in [1.54, 1.807) is 19.9 Å². The number of benzene rings is 1. The molecule has 1 rings (SSSR count). The van der Waals surface area contributed by atoms with Crippen LogP contribution in [0.5, 0.6) is 0 Å². The van der Waals surface area contributed by atoms with Crippen molar-refractivity contribution in [3.8, 4) is 0 Å². The summed E-state index contributed by atoms with van der Waals surface area (Å²) in [5, 5.41) is 8.91. The Morgan fingerprint density at radius 2 is 1.94 bits per heavy atom. The number of aliphatic carboxylic acids is 1. The number of hydrogen-bond donors (Lipinski definition) is 1. The molecular formula is C14H18O2. The molecule has 1 aromatic carbocycles. The number of allylic oxidation sites excluding steroid dienone is 1. The number of rotatable bonds is 5. The average Bonchev–Trinajstić information content (AvgIpc) is 2.26. The van der Waals surface area contributed by atoms with E-state index in [0.29, 0.717) is 0 Å². The topological polar surface area (TPSA) is 37.3 Å². The molecule has 0 aromatic heterocycles. The minimum Gasteiger partial charge on any atom is -0.481 e. The van der Waals surface area contributed by atoms with Crippen LogP contribution in [0.4, 0.5) is 0 Å². The fourth-order valence-electron chi connectivity index (χ4n) is 1.34. The van der Waals surface area contributed by atoms with Crippen LogP contribution in [0.15, 0.2) is 42.5 Å². The summed E-state index contributed by atoms with van der Waals surface area (Å²) in [4.78, 5) is 10.8. The lowest BCUT2D eigenvalue weighted by molar-refractivity contribution is -0.144. The normalized spacial score (nSPS) is 11.9. The van der Waals surface area contributed by atoms with Gasteiger partial charge in [0.15, 0.2) is 0 Å². The van der Waals surface area contributed by atoms with Crippen molar-refractivity contribution in [1.29, 1.82) is 0 Å². The SMILES string of the molecule is CC(C)(/C=C/CCc1ccccc1)C(=O)O. The minimum atomic E-state index is -0.788. The van der Waals surface area contributed by atoms with Crippen molar-refractivity contribution in [2.45, 2.75) is 26.7 Å². The summed E-state index contributed by atoms with van der Waals surface area (Å²) in [5.41, 5.74) is 0.511. The van der Waals surface area contributed by atoms with Gasteiger partial charge in [0.25, 0.3) is 0 Å². The number of carbonyl (C=O) groups is 1. The maximum Gasteiger partial charge on any atom is 0.312 e. The van der Waals surface area contributed by atoms with E-state index in [4.69, 9.17) is 5.11 Å². The van der Waals surface area contributed by atoms with Gasteiger partial charge in [-0.25, -0.2) is 0 Å². The average molecular weight is 218 g/mol. The summed E-state index contributed by atoms with van der Waals surface area (Å²) in [5.74, 6) is -0.788. The Bertz CT molecular complexity index is 364.